The van der Waals surface area contributed by atoms with Crippen molar-refractivity contribution in [3.05, 3.63) is 35.5 Å². The second-order valence-corrected chi connectivity index (χ2v) is 14.5. The highest BCUT2D eigenvalue weighted by atomic mass is 32.2. The van der Waals surface area contributed by atoms with Crippen LogP contribution in [0.1, 0.15) is 49.3 Å². The van der Waals surface area contributed by atoms with Crippen molar-refractivity contribution in [1.29, 1.82) is 0 Å². The molecule has 192 valence electrons. The molecule has 12 heteroatoms. The zero-order chi connectivity index (χ0) is 25.2. The Morgan fingerprint density at radius 1 is 1.14 bits per heavy atom. The van der Waals surface area contributed by atoms with Crippen LogP contribution in [0.5, 0.6) is 0 Å². The Labute approximate surface area is 211 Å². The van der Waals surface area contributed by atoms with Crippen LogP contribution in [0.15, 0.2) is 33.4 Å². The van der Waals surface area contributed by atoms with E-state index in [0.717, 1.165) is 48.8 Å². The van der Waals surface area contributed by atoms with Gasteiger partial charge in [-0.1, -0.05) is 49.2 Å². The van der Waals surface area contributed by atoms with Gasteiger partial charge in [0.25, 0.3) is 10.0 Å². The Kier molecular flexibility index (Phi) is 7.96. The van der Waals surface area contributed by atoms with Crippen molar-refractivity contribution in [2.75, 3.05) is 37.8 Å². The smallest absolute Gasteiger partial charge is 0.254 e. The second kappa shape index (κ2) is 10.6. The predicted molar refractivity (Wildman–Crippen MR) is 136 cm³/mol. The maximum absolute atomic E-state index is 13.4. The lowest BCUT2D eigenvalue weighted by molar-refractivity contribution is -0.118. The van der Waals surface area contributed by atoms with Gasteiger partial charge in [-0.25, -0.2) is 21.8 Å². The van der Waals surface area contributed by atoms with Crippen molar-refractivity contribution in [3.63, 3.8) is 0 Å². The van der Waals surface area contributed by atoms with Crippen LogP contribution in [0, 0.1) is 12.8 Å². The van der Waals surface area contributed by atoms with Crippen LogP contribution in [-0.2, 0) is 24.7 Å². The molecule has 0 spiro atoms. The van der Waals surface area contributed by atoms with E-state index in [1.54, 1.807) is 19.1 Å². The van der Waals surface area contributed by atoms with E-state index in [1.807, 2.05) is 0 Å². The number of rotatable bonds is 8. The molecule has 1 saturated carbocycles. The molecule has 1 aromatic heterocycles. The number of nitrogens with one attached hydrogen (secondary N) is 2. The first-order valence-electron chi connectivity index (χ1n) is 11.8. The summed E-state index contributed by atoms with van der Waals surface area (Å²) in [6.07, 6.45) is 6.22. The fourth-order valence-corrected chi connectivity index (χ4v) is 8.42. The molecule has 2 N–H and O–H groups in total. The van der Waals surface area contributed by atoms with Crippen molar-refractivity contribution < 1.29 is 21.6 Å². The van der Waals surface area contributed by atoms with E-state index in [2.05, 4.69) is 15.6 Å². The van der Waals surface area contributed by atoms with Gasteiger partial charge in [-0.15, -0.1) is 0 Å². The average Bonchev–Trinajstić information content (AvgIpc) is 3.47. The number of carbonyl (C=O) groups is 1. The van der Waals surface area contributed by atoms with Gasteiger partial charge in [-0.2, -0.15) is 4.31 Å². The van der Waals surface area contributed by atoms with E-state index in [4.69, 9.17) is 0 Å². The van der Waals surface area contributed by atoms with Gasteiger partial charge in [0.05, 0.1) is 16.5 Å². The summed E-state index contributed by atoms with van der Waals surface area (Å²) >= 11 is 0.977. The number of nitrogens with zero attached hydrogens (tertiary/aromatic N) is 2. The molecule has 0 bridgehead atoms. The predicted octanol–water partition coefficient (Wildman–Crippen LogP) is 2.75. The van der Waals surface area contributed by atoms with E-state index in [1.165, 1.54) is 16.4 Å². The largest absolute Gasteiger partial charge is 0.314 e. The zero-order valence-corrected chi connectivity index (χ0v) is 22.4. The van der Waals surface area contributed by atoms with E-state index in [9.17, 15) is 21.6 Å². The van der Waals surface area contributed by atoms with E-state index >= 15 is 0 Å². The monoisotopic (exact) mass is 540 g/mol. The number of sulfonamides is 1. The van der Waals surface area contributed by atoms with E-state index in [-0.39, 0.29) is 20.1 Å². The van der Waals surface area contributed by atoms with Gasteiger partial charge >= 0.3 is 0 Å². The van der Waals surface area contributed by atoms with Gasteiger partial charge in [-0.05, 0) is 37.0 Å². The van der Waals surface area contributed by atoms with Crippen LogP contribution in [0.3, 0.4) is 0 Å². The molecule has 2 aromatic rings. The van der Waals surface area contributed by atoms with Crippen molar-refractivity contribution in [3.8, 4) is 0 Å². The molecular formula is C23H32N4O5S3. The summed E-state index contributed by atoms with van der Waals surface area (Å²) in [7, 11) is -7.01. The maximum atomic E-state index is 13.4. The van der Waals surface area contributed by atoms with Crippen LogP contribution >= 0.6 is 11.3 Å². The van der Waals surface area contributed by atoms with Crippen molar-refractivity contribution in [1.82, 2.24) is 14.6 Å². The lowest BCUT2D eigenvalue weighted by Gasteiger charge is -2.26. The van der Waals surface area contributed by atoms with Crippen LogP contribution in [-0.4, -0.2) is 64.5 Å². The van der Waals surface area contributed by atoms with Gasteiger partial charge in [0.15, 0.2) is 19.2 Å². The molecule has 1 saturated heterocycles. The number of benzene rings is 1. The summed E-state index contributed by atoms with van der Waals surface area (Å²) in [5, 5.41) is 6.25. The fraction of sp³-hybridized carbons (Fsp3) is 0.565. The Hall–Kier alpha value is -1.86. The topological polar surface area (TPSA) is 126 Å². The number of thiazole rings is 1. The van der Waals surface area contributed by atoms with Crippen molar-refractivity contribution >= 4 is 42.2 Å². The molecule has 1 atom stereocenters. The highest BCUT2D eigenvalue weighted by Gasteiger charge is 2.32. The Morgan fingerprint density at radius 2 is 1.77 bits per heavy atom. The third kappa shape index (κ3) is 6.11. The molecule has 2 fully saturated rings. The van der Waals surface area contributed by atoms with Crippen molar-refractivity contribution in [2.24, 2.45) is 5.92 Å². The quantitative estimate of drug-likeness (QED) is 0.527. The Balaban J connectivity index is 1.56. The van der Waals surface area contributed by atoms with Gasteiger partial charge in [0, 0.05) is 32.4 Å². The van der Waals surface area contributed by atoms with Crippen LogP contribution in [0.25, 0.3) is 0 Å². The van der Waals surface area contributed by atoms with Crippen LogP contribution in [0.4, 0.5) is 5.13 Å². The number of hydrogen-bond acceptors (Lipinski definition) is 8. The molecule has 35 heavy (non-hydrogen) atoms. The summed E-state index contributed by atoms with van der Waals surface area (Å²) in [6, 6.07) is 6.46. The molecule has 1 aromatic carbocycles. The Bertz CT molecular complexity index is 1260. The molecule has 1 amide bonds. The van der Waals surface area contributed by atoms with Gasteiger partial charge in [-0.3, -0.25) is 4.79 Å². The first kappa shape index (κ1) is 26.2. The molecular weight excluding hydrogens is 508 g/mol. The average molecular weight is 541 g/mol. The summed E-state index contributed by atoms with van der Waals surface area (Å²) < 4.78 is 51.5. The second-order valence-electron chi connectivity index (χ2n) is 9.32. The number of anilines is 1. The number of aryl methyl sites for hydroxylation is 1. The number of sulfone groups is 1. The molecule has 9 nitrogen and oxygen atoms in total. The minimum Gasteiger partial charge on any atom is -0.314 e. The first-order valence-corrected chi connectivity index (χ1v) is 16.0. The molecule has 1 aliphatic heterocycles. The Morgan fingerprint density at radius 3 is 2.37 bits per heavy atom. The van der Waals surface area contributed by atoms with Crippen molar-refractivity contribution in [2.45, 2.75) is 54.1 Å². The highest BCUT2D eigenvalue weighted by Crippen LogP contribution is 2.36. The highest BCUT2D eigenvalue weighted by molar-refractivity contribution is 7.91. The summed E-state index contributed by atoms with van der Waals surface area (Å²) in [5.41, 5.74) is 1.11. The summed E-state index contributed by atoms with van der Waals surface area (Å²) in [5.74, 6) is -0.324. The number of aromatic nitrogens is 1. The van der Waals surface area contributed by atoms with Gasteiger partial charge < -0.3 is 10.6 Å². The zero-order valence-electron chi connectivity index (χ0n) is 20.0. The number of hydrogen-bond donors (Lipinski definition) is 2. The SMILES string of the molecule is Cc1nc(NC(=O)[C@H](CC2CCCC2)c2ccc(S(C)(=O)=O)cc2)sc1S(=O)(=O)N1CCNCC1. The maximum Gasteiger partial charge on any atom is 0.254 e. The number of carbonyl (C=O) groups excluding carboxylic acids is 1. The van der Waals surface area contributed by atoms with Crippen LogP contribution < -0.4 is 10.6 Å². The van der Waals surface area contributed by atoms with E-state index < -0.39 is 25.8 Å². The molecule has 2 aliphatic rings. The minimum absolute atomic E-state index is 0.152. The molecule has 2 heterocycles. The standard InChI is InChI=1S/C23H32N4O5S3/c1-16-22(35(31,32)27-13-11-24-12-14-27)33-23(25-16)26-21(28)20(15-17-5-3-4-6-17)18-7-9-19(10-8-18)34(2,29)30/h7-10,17,20,24H,3-6,11-15H2,1-2H3,(H,25,26,28)/t20-/m1/s1. The third-order valence-corrected chi connectivity index (χ3v) is 11.4. The molecule has 0 unspecified atom stereocenters. The molecule has 0 radical (unpaired) electrons. The molecule has 1 aliphatic carbocycles. The van der Waals surface area contributed by atoms with Gasteiger partial charge in [0.1, 0.15) is 0 Å². The lowest BCUT2D eigenvalue weighted by atomic mass is 9.87. The molecule has 4 rings (SSSR count). The fourth-order valence-electron chi connectivity index (χ4n) is 4.79. The normalized spacial score (nSPS) is 19.0. The minimum atomic E-state index is -3.68. The summed E-state index contributed by atoms with van der Waals surface area (Å²) in [4.78, 5) is 18.0. The summed E-state index contributed by atoms with van der Waals surface area (Å²) in [6.45, 7) is 3.63. The number of amides is 1. The lowest BCUT2D eigenvalue weighted by Crippen LogP contribution is -2.46. The van der Waals surface area contributed by atoms with E-state index in [0.29, 0.717) is 44.2 Å². The first-order chi connectivity index (χ1) is 16.6. The van der Waals surface area contributed by atoms with Crippen LogP contribution in [0.2, 0.25) is 0 Å². The third-order valence-electron chi connectivity index (χ3n) is 6.71. The number of piperazine rings is 1. The van der Waals surface area contributed by atoms with Gasteiger partial charge in [0.2, 0.25) is 5.91 Å².